The van der Waals surface area contributed by atoms with Gasteiger partial charge in [-0.3, -0.25) is 0 Å². The first kappa shape index (κ1) is 10.0. The van der Waals surface area contributed by atoms with E-state index in [0.29, 0.717) is 16.7 Å². The Morgan fingerprint density at radius 2 is 2.27 bits per heavy atom. The number of rotatable bonds is 1. The molecule has 2 aromatic rings. The fourth-order valence-corrected chi connectivity index (χ4v) is 1.67. The molecule has 0 saturated carbocycles. The Balaban J connectivity index is 2.69. The van der Waals surface area contributed by atoms with Crippen LogP contribution in [0, 0.1) is 0 Å². The predicted molar refractivity (Wildman–Crippen MR) is 59.7 cm³/mol. The minimum Gasteiger partial charge on any atom is -0.463 e. The summed E-state index contributed by atoms with van der Waals surface area (Å²) >= 11 is 3.30. The van der Waals surface area contributed by atoms with Crippen LogP contribution in [0.4, 0.5) is 5.69 Å². The lowest BCUT2D eigenvalue weighted by Gasteiger charge is -1.93. The van der Waals surface area contributed by atoms with Crippen LogP contribution in [0.3, 0.4) is 0 Å². The lowest BCUT2D eigenvalue weighted by molar-refractivity contribution is 0.0569. The van der Waals surface area contributed by atoms with Crippen LogP contribution >= 0.6 is 15.9 Å². The minimum absolute atomic E-state index is 0.0469. The molecular formula is C10H8BrNO3. The molecule has 0 amide bonds. The van der Waals surface area contributed by atoms with Crippen molar-refractivity contribution in [3.63, 3.8) is 0 Å². The molecule has 1 aromatic carbocycles. The van der Waals surface area contributed by atoms with Gasteiger partial charge >= 0.3 is 5.97 Å². The van der Waals surface area contributed by atoms with Crippen LogP contribution in [-0.4, -0.2) is 13.1 Å². The third kappa shape index (κ3) is 1.59. The van der Waals surface area contributed by atoms with Crippen LogP contribution < -0.4 is 5.73 Å². The molecule has 2 rings (SSSR count). The summed E-state index contributed by atoms with van der Waals surface area (Å²) in [7, 11) is 1.28. The molecule has 0 fully saturated rings. The van der Waals surface area contributed by atoms with E-state index in [1.54, 1.807) is 12.1 Å². The Kier molecular flexibility index (Phi) is 2.40. The van der Waals surface area contributed by atoms with E-state index in [2.05, 4.69) is 20.7 Å². The molecule has 0 bridgehead atoms. The molecule has 0 radical (unpaired) electrons. The second kappa shape index (κ2) is 3.58. The third-order valence-electron chi connectivity index (χ3n) is 2.06. The number of benzene rings is 1. The van der Waals surface area contributed by atoms with E-state index >= 15 is 0 Å². The molecule has 5 heteroatoms. The smallest absolute Gasteiger partial charge is 0.376 e. The number of halogens is 1. The first-order valence-electron chi connectivity index (χ1n) is 4.19. The Morgan fingerprint density at radius 1 is 1.53 bits per heavy atom. The number of methoxy groups -OCH3 is 1. The van der Waals surface area contributed by atoms with E-state index in [1.165, 1.54) is 7.11 Å². The van der Waals surface area contributed by atoms with E-state index in [4.69, 9.17) is 10.2 Å². The monoisotopic (exact) mass is 269 g/mol. The summed E-state index contributed by atoms with van der Waals surface area (Å²) in [4.78, 5) is 11.3. The second-order valence-electron chi connectivity index (χ2n) is 2.98. The van der Waals surface area contributed by atoms with Crippen molar-refractivity contribution in [3.05, 3.63) is 28.4 Å². The molecule has 2 N–H and O–H groups in total. The molecular weight excluding hydrogens is 262 g/mol. The molecule has 0 saturated heterocycles. The highest BCUT2D eigenvalue weighted by Crippen LogP contribution is 2.30. The predicted octanol–water partition coefficient (Wildman–Crippen LogP) is 2.56. The second-order valence-corrected chi connectivity index (χ2v) is 3.89. The quantitative estimate of drug-likeness (QED) is 0.809. The van der Waals surface area contributed by atoms with Gasteiger partial charge in [-0.15, -0.1) is 0 Å². The van der Waals surface area contributed by atoms with Gasteiger partial charge in [0.2, 0.25) is 5.76 Å². The largest absolute Gasteiger partial charge is 0.463 e. The molecule has 15 heavy (non-hydrogen) atoms. The molecule has 1 aromatic heterocycles. The van der Waals surface area contributed by atoms with Gasteiger partial charge in [0.05, 0.1) is 12.8 Å². The highest BCUT2D eigenvalue weighted by Gasteiger charge is 2.18. The number of nitrogen functional groups attached to an aromatic ring is 1. The van der Waals surface area contributed by atoms with Gasteiger partial charge in [-0.2, -0.15) is 0 Å². The Hall–Kier alpha value is -1.49. The van der Waals surface area contributed by atoms with Crippen LogP contribution in [0.5, 0.6) is 0 Å². The zero-order valence-corrected chi connectivity index (χ0v) is 9.50. The van der Waals surface area contributed by atoms with Crippen molar-refractivity contribution in [2.45, 2.75) is 0 Å². The third-order valence-corrected chi connectivity index (χ3v) is 2.55. The van der Waals surface area contributed by atoms with E-state index in [0.717, 1.165) is 4.47 Å². The van der Waals surface area contributed by atoms with Gasteiger partial charge in [0.1, 0.15) is 5.58 Å². The lowest BCUT2D eigenvalue weighted by atomic mass is 10.2. The van der Waals surface area contributed by atoms with Gasteiger partial charge in [0, 0.05) is 9.86 Å². The van der Waals surface area contributed by atoms with Gasteiger partial charge < -0.3 is 14.9 Å². The number of carbonyl (C=O) groups excluding carboxylic acids is 1. The SMILES string of the molecule is COC(=O)c1oc2cc(Br)ccc2c1N. The summed E-state index contributed by atoms with van der Waals surface area (Å²) in [6.07, 6.45) is 0. The minimum atomic E-state index is -0.570. The maximum absolute atomic E-state index is 11.3. The van der Waals surface area contributed by atoms with Crippen LogP contribution in [0.25, 0.3) is 11.0 Å². The summed E-state index contributed by atoms with van der Waals surface area (Å²) in [5.74, 6) is -0.523. The first-order valence-corrected chi connectivity index (χ1v) is 4.98. The zero-order chi connectivity index (χ0) is 11.0. The molecule has 0 aliphatic rings. The Morgan fingerprint density at radius 3 is 2.93 bits per heavy atom. The normalized spacial score (nSPS) is 10.5. The van der Waals surface area contributed by atoms with Gasteiger partial charge in [-0.1, -0.05) is 15.9 Å². The maximum Gasteiger partial charge on any atom is 0.376 e. The zero-order valence-electron chi connectivity index (χ0n) is 7.91. The van der Waals surface area contributed by atoms with Crippen molar-refractivity contribution >= 4 is 38.6 Å². The van der Waals surface area contributed by atoms with Crippen molar-refractivity contribution in [2.24, 2.45) is 0 Å². The topological polar surface area (TPSA) is 65.5 Å². The van der Waals surface area contributed by atoms with Crippen LogP contribution in [0.15, 0.2) is 27.1 Å². The number of esters is 1. The van der Waals surface area contributed by atoms with Gasteiger partial charge in [0.25, 0.3) is 0 Å². The van der Waals surface area contributed by atoms with Crippen LogP contribution in [0.2, 0.25) is 0 Å². The molecule has 0 atom stereocenters. The van der Waals surface area contributed by atoms with E-state index in [1.807, 2.05) is 6.07 Å². The molecule has 4 nitrogen and oxygen atoms in total. The maximum atomic E-state index is 11.3. The van der Waals surface area contributed by atoms with E-state index < -0.39 is 5.97 Å². The van der Waals surface area contributed by atoms with Crippen molar-refractivity contribution in [1.29, 1.82) is 0 Å². The average Bonchev–Trinajstić information content (AvgIpc) is 2.54. The number of ether oxygens (including phenoxy) is 1. The van der Waals surface area contributed by atoms with Gasteiger partial charge in [0.15, 0.2) is 0 Å². The highest BCUT2D eigenvalue weighted by molar-refractivity contribution is 9.10. The number of furan rings is 1. The molecule has 0 spiro atoms. The number of hydrogen-bond donors (Lipinski definition) is 1. The van der Waals surface area contributed by atoms with Gasteiger partial charge in [-0.25, -0.2) is 4.79 Å². The molecule has 0 unspecified atom stereocenters. The summed E-state index contributed by atoms with van der Waals surface area (Å²) in [5, 5.41) is 0.707. The van der Waals surface area contributed by atoms with Crippen LogP contribution in [-0.2, 0) is 4.74 Å². The number of fused-ring (bicyclic) bond motifs is 1. The highest BCUT2D eigenvalue weighted by atomic mass is 79.9. The van der Waals surface area contributed by atoms with E-state index in [9.17, 15) is 4.79 Å². The van der Waals surface area contributed by atoms with Crippen molar-refractivity contribution in [1.82, 2.24) is 0 Å². The number of carbonyl (C=O) groups is 1. The standard InChI is InChI=1S/C10H8BrNO3/c1-14-10(13)9-8(12)6-3-2-5(11)4-7(6)15-9/h2-4H,12H2,1H3. The van der Waals surface area contributed by atoms with Crippen molar-refractivity contribution in [3.8, 4) is 0 Å². The fraction of sp³-hybridized carbons (Fsp3) is 0.100. The van der Waals surface area contributed by atoms with E-state index in [-0.39, 0.29) is 5.76 Å². The number of nitrogens with two attached hydrogens (primary N) is 1. The summed E-state index contributed by atoms with van der Waals surface area (Å²) in [6, 6.07) is 5.36. The summed E-state index contributed by atoms with van der Waals surface area (Å²) in [5.41, 5.74) is 6.62. The first-order chi connectivity index (χ1) is 7.13. The average molecular weight is 270 g/mol. The van der Waals surface area contributed by atoms with Crippen molar-refractivity contribution < 1.29 is 13.9 Å². The molecule has 1 heterocycles. The number of anilines is 1. The molecule has 78 valence electrons. The number of hydrogen-bond acceptors (Lipinski definition) is 4. The lowest BCUT2D eigenvalue weighted by Crippen LogP contribution is -2.02. The molecule has 0 aliphatic carbocycles. The Labute approximate surface area is 94.1 Å². The summed E-state index contributed by atoms with van der Waals surface area (Å²) in [6.45, 7) is 0. The Bertz CT molecular complexity index is 533. The van der Waals surface area contributed by atoms with Crippen molar-refractivity contribution in [2.75, 3.05) is 12.8 Å². The van der Waals surface area contributed by atoms with Gasteiger partial charge in [-0.05, 0) is 18.2 Å². The summed E-state index contributed by atoms with van der Waals surface area (Å²) < 4.78 is 10.7. The fourth-order valence-electron chi connectivity index (χ4n) is 1.33. The molecule has 0 aliphatic heterocycles. The van der Waals surface area contributed by atoms with Crippen LogP contribution in [0.1, 0.15) is 10.6 Å².